The van der Waals surface area contributed by atoms with E-state index in [0.29, 0.717) is 30.7 Å². The zero-order valence-corrected chi connectivity index (χ0v) is 18.7. The van der Waals surface area contributed by atoms with Crippen molar-refractivity contribution in [3.8, 4) is 0 Å². The number of nitrogens with zero attached hydrogens (tertiary/aromatic N) is 4. The van der Waals surface area contributed by atoms with Gasteiger partial charge in [0, 0.05) is 32.1 Å². The van der Waals surface area contributed by atoms with Crippen LogP contribution in [-0.2, 0) is 9.59 Å². The zero-order valence-electron chi connectivity index (χ0n) is 18.7. The summed E-state index contributed by atoms with van der Waals surface area (Å²) in [5, 5.41) is 7.03. The van der Waals surface area contributed by atoms with Gasteiger partial charge in [0.05, 0.1) is 12.6 Å². The summed E-state index contributed by atoms with van der Waals surface area (Å²) in [6.45, 7) is 11.6. The lowest BCUT2D eigenvalue weighted by Gasteiger charge is -2.39. The minimum absolute atomic E-state index is 0.0320. The van der Waals surface area contributed by atoms with E-state index in [9.17, 15) is 9.59 Å². The maximum Gasteiger partial charge on any atom is 0.244 e. The molecule has 3 aliphatic rings. The van der Waals surface area contributed by atoms with Crippen molar-refractivity contribution in [2.24, 2.45) is 16.7 Å². The summed E-state index contributed by atoms with van der Waals surface area (Å²) in [4.78, 5) is 33.8. The molecule has 1 aliphatic carbocycles. The highest BCUT2D eigenvalue weighted by molar-refractivity contribution is 5.81. The summed E-state index contributed by atoms with van der Waals surface area (Å²) < 4.78 is 5.51. The van der Waals surface area contributed by atoms with Crippen LogP contribution in [0.1, 0.15) is 70.6 Å². The molecule has 2 aliphatic heterocycles. The molecule has 1 spiro atoms. The van der Waals surface area contributed by atoms with E-state index >= 15 is 0 Å². The van der Waals surface area contributed by atoms with Crippen molar-refractivity contribution in [3.05, 3.63) is 11.7 Å². The molecule has 3 heterocycles. The second-order valence-electron chi connectivity index (χ2n) is 10.7. The average molecular weight is 418 g/mol. The predicted octanol–water partition coefficient (Wildman–Crippen LogP) is 2.31. The number of likely N-dealkylation sites (tertiary alicyclic amines) is 2. The number of nitrogens with one attached hydrogen (secondary N) is 1. The van der Waals surface area contributed by atoms with Gasteiger partial charge in [-0.2, -0.15) is 4.98 Å². The highest BCUT2D eigenvalue weighted by atomic mass is 16.5. The van der Waals surface area contributed by atoms with Crippen LogP contribution < -0.4 is 5.32 Å². The highest BCUT2D eigenvalue weighted by Gasteiger charge is 2.49. The average Bonchev–Trinajstić information content (AvgIpc) is 3.36. The van der Waals surface area contributed by atoms with Crippen LogP contribution in [0.15, 0.2) is 4.52 Å². The number of aromatic nitrogens is 2. The van der Waals surface area contributed by atoms with Crippen LogP contribution in [0.3, 0.4) is 0 Å². The number of hydrogen-bond acceptors (Lipinski definition) is 6. The Kier molecular flexibility index (Phi) is 5.64. The third-order valence-electron chi connectivity index (χ3n) is 6.66. The maximum absolute atomic E-state index is 12.6. The van der Waals surface area contributed by atoms with Gasteiger partial charge in [-0.05, 0) is 49.9 Å². The molecule has 3 fully saturated rings. The van der Waals surface area contributed by atoms with Gasteiger partial charge in [-0.15, -0.1) is 0 Å². The monoisotopic (exact) mass is 417 g/mol. The first-order chi connectivity index (χ1) is 14.1. The molecular weight excluding hydrogens is 382 g/mol. The Hall–Kier alpha value is -1.96. The lowest BCUT2D eigenvalue weighted by Crippen LogP contribution is -2.45. The molecule has 1 unspecified atom stereocenters. The van der Waals surface area contributed by atoms with E-state index in [4.69, 9.17) is 4.52 Å². The molecule has 0 bridgehead atoms. The van der Waals surface area contributed by atoms with Crippen molar-refractivity contribution < 1.29 is 14.1 Å². The van der Waals surface area contributed by atoms with Gasteiger partial charge in [-0.3, -0.25) is 14.5 Å². The van der Waals surface area contributed by atoms with Gasteiger partial charge in [-0.25, -0.2) is 0 Å². The standard InChI is InChI=1S/C22H35N5O3/c1-15-24-19(30-25-15)17-11-22(7-9-26(10-8-22)20(29)16-5-6-16)14-27(17)12-18(28)23-13-21(2,3)4/h16-17H,5-14H2,1-4H3,(H,23,28). The van der Waals surface area contributed by atoms with Gasteiger partial charge in [-0.1, -0.05) is 25.9 Å². The Bertz CT molecular complexity index is 787. The van der Waals surface area contributed by atoms with Crippen LogP contribution in [0.5, 0.6) is 0 Å². The fourth-order valence-electron chi connectivity index (χ4n) is 4.76. The second kappa shape index (κ2) is 7.94. The van der Waals surface area contributed by atoms with Crippen LogP contribution in [0.2, 0.25) is 0 Å². The summed E-state index contributed by atoms with van der Waals surface area (Å²) in [7, 11) is 0. The zero-order chi connectivity index (χ0) is 21.5. The van der Waals surface area contributed by atoms with Crippen LogP contribution >= 0.6 is 0 Å². The molecule has 2 amide bonds. The van der Waals surface area contributed by atoms with Crippen molar-refractivity contribution >= 4 is 11.8 Å². The first kappa shape index (κ1) is 21.3. The summed E-state index contributed by atoms with van der Waals surface area (Å²) in [6, 6.07) is -0.0442. The largest absolute Gasteiger partial charge is 0.354 e. The molecule has 30 heavy (non-hydrogen) atoms. The molecule has 1 N–H and O–H groups in total. The first-order valence-electron chi connectivity index (χ1n) is 11.2. The fraction of sp³-hybridized carbons (Fsp3) is 0.818. The number of aryl methyl sites for hydroxylation is 1. The number of piperidine rings is 1. The summed E-state index contributed by atoms with van der Waals surface area (Å²) >= 11 is 0. The topological polar surface area (TPSA) is 91.6 Å². The molecule has 0 aromatic carbocycles. The van der Waals surface area contributed by atoms with Gasteiger partial charge in [0.15, 0.2) is 5.82 Å². The van der Waals surface area contributed by atoms with E-state index in [1.807, 2.05) is 11.8 Å². The number of hydrogen-bond donors (Lipinski definition) is 1. The molecule has 166 valence electrons. The molecule has 1 atom stereocenters. The predicted molar refractivity (Wildman–Crippen MR) is 111 cm³/mol. The molecule has 1 aromatic rings. The van der Waals surface area contributed by atoms with Crippen molar-refractivity contribution in [2.45, 2.75) is 65.8 Å². The van der Waals surface area contributed by atoms with Crippen molar-refractivity contribution in [1.82, 2.24) is 25.3 Å². The van der Waals surface area contributed by atoms with E-state index in [1.54, 1.807) is 0 Å². The van der Waals surface area contributed by atoms with Crippen molar-refractivity contribution in [2.75, 3.05) is 32.7 Å². The van der Waals surface area contributed by atoms with E-state index in [1.165, 1.54) is 0 Å². The lowest BCUT2D eigenvalue weighted by molar-refractivity contribution is -0.134. The second-order valence-corrected chi connectivity index (χ2v) is 10.7. The number of rotatable bonds is 5. The van der Waals surface area contributed by atoms with Gasteiger partial charge in [0.25, 0.3) is 0 Å². The number of carbonyl (C=O) groups is 2. The van der Waals surface area contributed by atoms with Gasteiger partial charge < -0.3 is 14.7 Å². The molecule has 8 heteroatoms. The lowest BCUT2D eigenvalue weighted by atomic mass is 9.76. The summed E-state index contributed by atoms with van der Waals surface area (Å²) in [5.41, 5.74) is 0.142. The van der Waals surface area contributed by atoms with Crippen molar-refractivity contribution in [3.63, 3.8) is 0 Å². The van der Waals surface area contributed by atoms with Gasteiger partial charge in [0.1, 0.15) is 0 Å². The Morgan fingerprint density at radius 2 is 1.93 bits per heavy atom. The maximum atomic E-state index is 12.6. The highest BCUT2D eigenvalue weighted by Crippen LogP contribution is 2.49. The Morgan fingerprint density at radius 3 is 2.50 bits per heavy atom. The Morgan fingerprint density at radius 1 is 1.23 bits per heavy atom. The molecular formula is C22H35N5O3. The van der Waals surface area contributed by atoms with Gasteiger partial charge in [0.2, 0.25) is 17.7 Å². The van der Waals surface area contributed by atoms with Crippen molar-refractivity contribution in [1.29, 1.82) is 0 Å². The van der Waals surface area contributed by atoms with E-state index in [2.05, 4.69) is 41.1 Å². The quantitative estimate of drug-likeness (QED) is 0.790. The molecule has 1 aromatic heterocycles. The minimum atomic E-state index is -0.0442. The molecule has 0 radical (unpaired) electrons. The third kappa shape index (κ3) is 4.85. The summed E-state index contributed by atoms with van der Waals surface area (Å²) in [5.74, 6) is 1.87. The molecule has 1 saturated carbocycles. The third-order valence-corrected chi connectivity index (χ3v) is 6.66. The summed E-state index contributed by atoms with van der Waals surface area (Å²) in [6.07, 6.45) is 4.93. The molecule has 2 saturated heterocycles. The number of amides is 2. The van der Waals surface area contributed by atoms with Crippen LogP contribution in [-0.4, -0.2) is 64.5 Å². The Balaban J connectivity index is 1.43. The van der Waals surface area contributed by atoms with E-state index in [0.717, 1.165) is 51.7 Å². The fourth-order valence-corrected chi connectivity index (χ4v) is 4.76. The number of carbonyl (C=O) groups excluding carboxylic acids is 2. The minimum Gasteiger partial charge on any atom is -0.354 e. The van der Waals surface area contributed by atoms with Crippen LogP contribution in [0.25, 0.3) is 0 Å². The SMILES string of the molecule is Cc1noc(C2CC3(CCN(C(=O)C4CC4)CC3)CN2CC(=O)NCC(C)(C)C)n1. The normalized spacial score (nSPS) is 24.4. The smallest absolute Gasteiger partial charge is 0.244 e. The van der Waals surface area contributed by atoms with E-state index in [-0.39, 0.29) is 28.7 Å². The molecule has 4 rings (SSSR count). The van der Waals surface area contributed by atoms with Crippen LogP contribution in [0.4, 0.5) is 0 Å². The first-order valence-corrected chi connectivity index (χ1v) is 11.2. The van der Waals surface area contributed by atoms with E-state index < -0.39 is 0 Å². The van der Waals surface area contributed by atoms with Gasteiger partial charge >= 0.3 is 0 Å². The Labute approximate surface area is 178 Å². The van der Waals surface area contributed by atoms with Crippen LogP contribution in [0, 0.1) is 23.7 Å². The molecule has 8 nitrogen and oxygen atoms in total.